The maximum absolute atomic E-state index is 12.2. The zero-order valence-electron chi connectivity index (χ0n) is 13.7. The molecule has 3 heterocycles. The molecular weight excluding hydrogens is 390 g/mol. The lowest BCUT2D eigenvalue weighted by Crippen LogP contribution is -2.12. The van der Waals surface area contributed by atoms with Crippen molar-refractivity contribution < 1.29 is 13.9 Å². The second kappa shape index (κ2) is 8.13. The fourth-order valence-electron chi connectivity index (χ4n) is 2.27. The Labute approximate surface area is 152 Å². The van der Waals surface area contributed by atoms with E-state index in [4.69, 9.17) is 9.15 Å². The summed E-state index contributed by atoms with van der Waals surface area (Å²) in [6.45, 7) is 1.85. The zero-order valence-corrected chi connectivity index (χ0v) is 15.3. The monoisotopic (exact) mass is 407 g/mol. The predicted molar refractivity (Wildman–Crippen MR) is 94.4 cm³/mol. The molecule has 9 heteroatoms. The minimum Gasteiger partial charge on any atom is -0.454 e. The van der Waals surface area contributed by atoms with Crippen LogP contribution in [0.5, 0.6) is 0 Å². The van der Waals surface area contributed by atoms with E-state index < -0.39 is 0 Å². The first-order valence-electron chi connectivity index (χ1n) is 7.74. The number of methoxy groups -OCH3 is 1. The van der Waals surface area contributed by atoms with Gasteiger partial charge in [0.2, 0.25) is 0 Å². The first kappa shape index (κ1) is 17.4. The van der Waals surface area contributed by atoms with Crippen molar-refractivity contribution in [2.24, 2.45) is 0 Å². The summed E-state index contributed by atoms with van der Waals surface area (Å²) in [6.07, 6.45) is 6.20. The molecule has 0 bridgehead atoms. The number of halogens is 1. The highest BCUT2D eigenvalue weighted by molar-refractivity contribution is 9.10. The lowest BCUT2D eigenvalue weighted by atomic mass is 10.4. The normalized spacial score (nSPS) is 11.0. The average Bonchev–Trinajstić information content (AvgIpc) is 3.30. The standard InChI is InChI=1S/C16H18BrN5O3/c1-24-8-2-6-21-7-5-15(20-21)19-16(23)14-4-3-13(25-14)11-22-10-12(17)9-18-22/h3-5,7,9-10H,2,6,8,11H2,1H3,(H,19,20,23). The molecule has 1 N–H and O–H groups in total. The number of furan rings is 1. The van der Waals surface area contributed by atoms with E-state index in [0.29, 0.717) is 24.7 Å². The highest BCUT2D eigenvalue weighted by Gasteiger charge is 2.13. The van der Waals surface area contributed by atoms with Crippen LogP contribution in [-0.2, 0) is 17.8 Å². The summed E-state index contributed by atoms with van der Waals surface area (Å²) in [6, 6.07) is 5.14. The first-order valence-corrected chi connectivity index (χ1v) is 8.54. The van der Waals surface area contributed by atoms with E-state index in [-0.39, 0.29) is 11.7 Å². The summed E-state index contributed by atoms with van der Waals surface area (Å²) in [5.74, 6) is 1.02. The lowest BCUT2D eigenvalue weighted by Gasteiger charge is -2.01. The number of hydrogen-bond acceptors (Lipinski definition) is 5. The average molecular weight is 408 g/mol. The van der Waals surface area contributed by atoms with Gasteiger partial charge in [-0.1, -0.05) is 0 Å². The van der Waals surface area contributed by atoms with Gasteiger partial charge in [0, 0.05) is 38.7 Å². The van der Waals surface area contributed by atoms with Crippen molar-refractivity contribution in [3.05, 3.63) is 52.8 Å². The van der Waals surface area contributed by atoms with E-state index in [9.17, 15) is 4.79 Å². The van der Waals surface area contributed by atoms with Gasteiger partial charge in [0.25, 0.3) is 5.91 Å². The van der Waals surface area contributed by atoms with Crippen molar-refractivity contribution in [1.29, 1.82) is 0 Å². The maximum Gasteiger partial charge on any atom is 0.292 e. The van der Waals surface area contributed by atoms with Gasteiger partial charge in [-0.2, -0.15) is 10.2 Å². The largest absolute Gasteiger partial charge is 0.454 e. The summed E-state index contributed by atoms with van der Waals surface area (Å²) in [7, 11) is 1.66. The number of anilines is 1. The number of nitrogens with zero attached hydrogens (tertiary/aromatic N) is 4. The third-order valence-corrected chi connectivity index (χ3v) is 3.83. The van der Waals surface area contributed by atoms with Gasteiger partial charge >= 0.3 is 0 Å². The molecule has 3 aromatic heterocycles. The Morgan fingerprint density at radius 2 is 2.24 bits per heavy atom. The molecule has 0 fully saturated rings. The van der Waals surface area contributed by atoms with Gasteiger partial charge in [-0.25, -0.2) is 0 Å². The summed E-state index contributed by atoms with van der Waals surface area (Å²) >= 11 is 3.34. The number of aryl methyl sites for hydroxylation is 1. The molecule has 8 nitrogen and oxygen atoms in total. The molecule has 1 amide bonds. The second-order valence-corrected chi connectivity index (χ2v) is 6.30. The van der Waals surface area contributed by atoms with Gasteiger partial charge in [-0.15, -0.1) is 0 Å². The molecule has 0 saturated heterocycles. The van der Waals surface area contributed by atoms with Crippen LogP contribution in [0.2, 0.25) is 0 Å². The summed E-state index contributed by atoms with van der Waals surface area (Å²) < 4.78 is 14.9. The van der Waals surface area contributed by atoms with Crippen LogP contribution in [0.15, 0.2) is 45.7 Å². The van der Waals surface area contributed by atoms with Crippen LogP contribution in [0, 0.1) is 0 Å². The van der Waals surface area contributed by atoms with Crippen LogP contribution < -0.4 is 5.32 Å². The van der Waals surface area contributed by atoms with Crippen molar-refractivity contribution in [3.8, 4) is 0 Å². The lowest BCUT2D eigenvalue weighted by molar-refractivity contribution is 0.0994. The number of carbonyl (C=O) groups is 1. The summed E-state index contributed by atoms with van der Waals surface area (Å²) in [5, 5.41) is 11.2. The van der Waals surface area contributed by atoms with E-state index in [1.54, 1.807) is 40.9 Å². The Morgan fingerprint density at radius 1 is 1.36 bits per heavy atom. The summed E-state index contributed by atoms with van der Waals surface area (Å²) in [5.41, 5.74) is 0. The smallest absolute Gasteiger partial charge is 0.292 e. The number of ether oxygens (including phenoxy) is 1. The van der Waals surface area contributed by atoms with Gasteiger partial charge in [0.1, 0.15) is 5.76 Å². The van der Waals surface area contributed by atoms with Crippen LogP contribution in [0.3, 0.4) is 0 Å². The molecule has 0 radical (unpaired) electrons. The van der Waals surface area contributed by atoms with E-state index in [1.807, 2.05) is 12.4 Å². The fraction of sp³-hybridized carbons (Fsp3) is 0.312. The number of nitrogens with one attached hydrogen (secondary N) is 1. The Hall–Kier alpha value is -2.39. The molecule has 0 spiro atoms. The van der Waals surface area contributed by atoms with E-state index in [1.165, 1.54) is 0 Å². The molecule has 0 aliphatic heterocycles. The molecule has 3 aromatic rings. The Balaban J connectivity index is 1.56. The van der Waals surface area contributed by atoms with Crippen LogP contribution >= 0.6 is 15.9 Å². The van der Waals surface area contributed by atoms with E-state index >= 15 is 0 Å². The summed E-state index contributed by atoms with van der Waals surface area (Å²) in [4.78, 5) is 12.2. The molecular formula is C16H18BrN5O3. The molecule has 0 saturated carbocycles. The van der Waals surface area contributed by atoms with Crippen LogP contribution in [0.1, 0.15) is 22.7 Å². The van der Waals surface area contributed by atoms with Crippen LogP contribution in [0.4, 0.5) is 5.82 Å². The van der Waals surface area contributed by atoms with Gasteiger partial charge in [0.05, 0.1) is 17.2 Å². The minimum absolute atomic E-state index is 0.232. The highest BCUT2D eigenvalue weighted by Crippen LogP contribution is 2.13. The first-order chi connectivity index (χ1) is 12.1. The topological polar surface area (TPSA) is 87.1 Å². The second-order valence-electron chi connectivity index (χ2n) is 5.39. The molecule has 3 rings (SSSR count). The van der Waals surface area contributed by atoms with E-state index in [2.05, 4.69) is 31.4 Å². The molecule has 132 valence electrons. The zero-order chi connectivity index (χ0) is 17.6. The van der Waals surface area contributed by atoms with Crippen LogP contribution in [0.25, 0.3) is 0 Å². The van der Waals surface area contributed by atoms with Crippen molar-refractivity contribution >= 4 is 27.7 Å². The molecule has 0 aromatic carbocycles. The number of aromatic nitrogens is 4. The Morgan fingerprint density at radius 3 is 3.00 bits per heavy atom. The SMILES string of the molecule is COCCCn1ccc(NC(=O)c2ccc(Cn3cc(Br)cn3)o2)n1. The number of hydrogen-bond donors (Lipinski definition) is 1. The van der Waals surface area contributed by atoms with Crippen molar-refractivity contribution in [3.63, 3.8) is 0 Å². The van der Waals surface area contributed by atoms with Crippen molar-refractivity contribution in [2.75, 3.05) is 19.0 Å². The molecule has 25 heavy (non-hydrogen) atoms. The van der Waals surface area contributed by atoms with Crippen LogP contribution in [-0.4, -0.2) is 39.2 Å². The van der Waals surface area contributed by atoms with Gasteiger partial charge in [-0.3, -0.25) is 14.2 Å². The van der Waals surface area contributed by atoms with Gasteiger partial charge in [0.15, 0.2) is 11.6 Å². The molecule has 0 atom stereocenters. The maximum atomic E-state index is 12.2. The van der Waals surface area contributed by atoms with Gasteiger partial charge in [-0.05, 0) is 34.5 Å². The van der Waals surface area contributed by atoms with Crippen molar-refractivity contribution in [1.82, 2.24) is 19.6 Å². The minimum atomic E-state index is -0.338. The number of carbonyl (C=O) groups excluding carboxylic acids is 1. The number of rotatable bonds is 8. The predicted octanol–water partition coefficient (Wildman–Crippen LogP) is 2.77. The number of amides is 1. The third-order valence-electron chi connectivity index (χ3n) is 3.42. The van der Waals surface area contributed by atoms with E-state index in [0.717, 1.165) is 17.4 Å². The Kier molecular flexibility index (Phi) is 5.67. The molecule has 0 aliphatic rings. The fourth-order valence-corrected chi connectivity index (χ4v) is 2.60. The molecule has 0 aliphatic carbocycles. The quantitative estimate of drug-likeness (QED) is 0.580. The van der Waals surface area contributed by atoms with Crippen molar-refractivity contribution in [2.45, 2.75) is 19.5 Å². The Bertz CT molecular complexity index is 838. The highest BCUT2D eigenvalue weighted by atomic mass is 79.9. The molecule has 0 unspecified atom stereocenters. The third kappa shape index (κ3) is 4.80. The van der Waals surface area contributed by atoms with Gasteiger partial charge < -0.3 is 14.5 Å².